The van der Waals surface area contributed by atoms with E-state index in [-0.39, 0.29) is 17.1 Å². The van der Waals surface area contributed by atoms with Gasteiger partial charge in [0.25, 0.3) is 0 Å². The van der Waals surface area contributed by atoms with Crippen molar-refractivity contribution < 1.29 is 32.6 Å². The van der Waals surface area contributed by atoms with Crippen LogP contribution in [0.5, 0.6) is 0 Å². The zero-order valence-corrected chi connectivity index (χ0v) is 15.5. The lowest BCUT2D eigenvalue weighted by atomic mass is 9.97. The van der Waals surface area contributed by atoms with Crippen LogP contribution < -0.4 is 0 Å². The molecule has 0 saturated heterocycles. The second kappa shape index (κ2) is 8.16. The van der Waals surface area contributed by atoms with Crippen molar-refractivity contribution >= 4 is 35.0 Å². The maximum atomic E-state index is 12.9. The lowest BCUT2D eigenvalue weighted by Gasteiger charge is -2.15. The fourth-order valence-corrected chi connectivity index (χ4v) is 3.04. The Balaban J connectivity index is 2.59. The molecular formula is C18H18F3NO4S. The molecule has 0 atom stereocenters. The molecule has 0 amide bonds. The van der Waals surface area contributed by atoms with Crippen molar-refractivity contribution in [1.29, 1.82) is 5.41 Å². The van der Waals surface area contributed by atoms with E-state index in [1.54, 1.807) is 0 Å². The summed E-state index contributed by atoms with van der Waals surface area (Å²) < 4.78 is 43.5. The van der Waals surface area contributed by atoms with Gasteiger partial charge in [-0.2, -0.15) is 13.2 Å². The molecule has 5 nitrogen and oxygen atoms in total. The van der Waals surface area contributed by atoms with Crippen molar-refractivity contribution in [3.05, 3.63) is 34.9 Å². The first kappa shape index (κ1) is 21.0. The van der Waals surface area contributed by atoms with Crippen LogP contribution in [-0.4, -0.2) is 35.4 Å². The van der Waals surface area contributed by atoms with Gasteiger partial charge in [0.05, 0.1) is 17.7 Å². The van der Waals surface area contributed by atoms with Gasteiger partial charge in [0.1, 0.15) is 5.76 Å². The van der Waals surface area contributed by atoms with Gasteiger partial charge >= 0.3 is 12.1 Å². The van der Waals surface area contributed by atoms with Crippen LogP contribution in [0.4, 0.5) is 13.2 Å². The molecule has 0 spiro atoms. The van der Waals surface area contributed by atoms with Gasteiger partial charge in [-0.3, -0.25) is 10.2 Å². The highest BCUT2D eigenvalue weighted by molar-refractivity contribution is 7.98. The van der Waals surface area contributed by atoms with Crippen LogP contribution in [0.1, 0.15) is 30.9 Å². The fraction of sp³-hybridized carbons (Fsp3) is 0.389. The summed E-state index contributed by atoms with van der Waals surface area (Å²) in [5.74, 6) is -2.77. The number of esters is 1. The highest BCUT2D eigenvalue weighted by Gasteiger charge is 2.38. The average Bonchev–Trinajstić information content (AvgIpc) is 3.45. The molecule has 0 radical (unpaired) electrons. The van der Waals surface area contributed by atoms with Gasteiger partial charge in [0, 0.05) is 16.4 Å². The van der Waals surface area contributed by atoms with E-state index in [9.17, 15) is 27.9 Å². The minimum atomic E-state index is -4.56. The molecule has 1 aromatic carbocycles. The van der Waals surface area contributed by atoms with Crippen LogP contribution >= 0.6 is 11.8 Å². The summed E-state index contributed by atoms with van der Waals surface area (Å²) in [5.41, 5.74) is -2.28. The van der Waals surface area contributed by atoms with Crippen molar-refractivity contribution in [2.45, 2.75) is 30.8 Å². The summed E-state index contributed by atoms with van der Waals surface area (Å²) in [7, 11) is 0. The van der Waals surface area contributed by atoms with Crippen molar-refractivity contribution in [1.82, 2.24) is 0 Å². The van der Waals surface area contributed by atoms with Crippen molar-refractivity contribution in [2.24, 2.45) is 5.92 Å². The average molecular weight is 401 g/mol. The van der Waals surface area contributed by atoms with Gasteiger partial charge in [0.2, 0.25) is 0 Å². The Morgan fingerprint density at radius 1 is 1.33 bits per heavy atom. The first-order valence-corrected chi connectivity index (χ1v) is 9.33. The largest absolute Gasteiger partial charge is 0.506 e. The summed E-state index contributed by atoms with van der Waals surface area (Å²) in [4.78, 5) is 24.5. The highest BCUT2D eigenvalue weighted by Crippen LogP contribution is 2.38. The van der Waals surface area contributed by atoms with Gasteiger partial charge in [0.15, 0.2) is 11.5 Å². The predicted molar refractivity (Wildman–Crippen MR) is 94.9 cm³/mol. The van der Waals surface area contributed by atoms with Gasteiger partial charge in [-0.1, -0.05) is 0 Å². The number of halogens is 3. The van der Waals surface area contributed by atoms with E-state index in [1.165, 1.54) is 13.2 Å². The van der Waals surface area contributed by atoms with E-state index in [1.807, 2.05) is 0 Å². The Hall–Kier alpha value is -2.29. The summed E-state index contributed by atoms with van der Waals surface area (Å²) in [6.07, 6.45) is -1.92. The SMILES string of the molecule is CCOC(=O)C(=N)C(C(=O)C1CC1)=C(O)c1ccc(C(F)(F)F)cc1SC. The van der Waals surface area contributed by atoms with Gasteiger partial charge in [-0.25, -0.2) is 4.79 Å². The number of ketones is 1. The Labute approximate surface area is 158 Å². The maximum Gasteiger partial charge on any atom is 0.416 e. The summed E-state index contributed by atoms with van der Waals surface area (Å²) in [5, 5.41) is 18.6. The molecule has 146 valence electrons. The zero-order chi connectivity index (χ0) is 20.4. The third-order valence-electron chi connectivity index (χ3n) is 3.94. The maximum absolute atomic E-state index is 12.9. The number of carbonyl (C=O) groups is 2. The molecule has 1 saturated carbocycles. The number of rotatable bonds is 7. The molecule has 0 unspecified atom stereocenters. The Morgan fingerprint density at radius 2 is 1.96 bits per heavy atom. The quantitative estimate of drug-likeness (QED) is 0.234. The van der Waals surface area contributed by atoms with Gasteiger partial charge in [-0.05, 0) is 44.2 Å². The van der Waals surface area contributed by atoms with Crippen LogP contribution in [0.2, 0.25) is 0 Å². The molecule has 27 heavy (non-hydrogen) atoms. The molecule has 2 rings (SSSR count). The summed E-state index contributed by atoms with van der Waals surface area (Å²) in [6, 6.07) is 2.66. The fourth-order valence-electron chi connectivity index (χ4n) is 2.41. The van der Waals surface area contributed by atoms with E-state index in [4.69, 9.17) is 10.1 Å². The Morgan fingerprint density at radius 3 is 2.44 bits per heavy atom. The number of alkyl halides is 3. The number of hydrogen-bond donors (Lipinski definition) is 2. The molecular weight excluding hydrogens is 383 g/mol. The highest BCUT2D eigenvalue weighted by atomic mass is 32.2. The number of ether oxygens (including phenoxy) is 1. The molecule has 2 N–H and O–H groups in total. The molecule has 1 aliphatic carbocycles. The van der Waals surface area contributed by atoms with Crippen LogP contribution in [-0.2, 0) is 20.5 Å². The van der Waals surface area contributed by atoms with E-state index in [2.05, 4.69) is 0 Å². The summed E-state index contributed by atoms with van der Waals surface area (Å²) in [6.45, 7) is 1.50. The van der Waals surface area contributed by atoms with Crippen molar-refractivity contribution in [3.8, 4) is 0 Å². The molecule has 0 heterocycles. The zero-order valence-electron chi connectivity index (χ0n) is 14.6. The van der Waals surface area contributed by atoms with Gasteiger partial charge < -0.3 is 9.84 Å². The van der Waals surface area contributed by atoms with Crippen LogP contribution in [0.25, 0.3) is 5.76 Å². The number of aliphatic hydroxyl groups is 1. The topological polar surface area (TPSA) is 87.5 Å². The molecule has 1 fully saturated rings. The molecule has 0 bridgehead atoms. The normalized spacial score (nSPS) is 15.1. The van der Waals surface area contributed by atoms with Crippen molar-refractivity contribution in [2.75, 3.05) is 12.9 Å². The molecule has 0 aliphatic heterocycles. The smallest absolute Gasteiger partial charge is 0.416 e. The number of nitrogens with one attached hydrogen (secondary N) is 1. The second-order valence-electron chi connectivity index (χ2n) is 5.87. The third-order valence-corrected chi connectivity index (χ3v) is 4.72. The lowest BCUT2D eigenvalue weighted by Crippen LogP contribution is -2.25. The molecule has 9 heteroatoms. The Kier molecular flexibility index (Phi) is 6.35. The standard InChI is InChI=1S/C18H18F3NO4S/c1-3-26-17(25)14(22)13(15(23)9-4-5-9)16(24)11-7-6-10(18(19,20)21)8-12(11)27-2/h6-9,22,24H,3-5H2,1-2H3. The number of thioether (sulfide) groups is 1. The van der Waals surface area contributed by atoms with Gasteiger partial charge in [-0.15, -0.1) is 11.8 Å². The minimum Gasteiger partial charge on any atom is -0.506 e. The first-order valence-electron chi connectivity index (χ1n) is 8.10. The number of benzene rings is 1. The van der Waals surface area contributed by atoms with Crippen LogP contribution in [0.15, 0.2) is 28.7 Å². The van der Waals surface area contributed by atoms with E-state index >= 15 is 0 Å². The van der Waals surface area contributed by atoms with E-state index in [0.717, 1.165) is 30.0 Å². The van der Waals surface area contributed by atoms with Crippen molar-refractivity contribution in [3.63, 3.8) is 0 Å². The lowest BCUT2D eigenvalue weighted by molar-refractivity contribution is -0.138. The van der Waals surface area contributed by atoms with Crippen LogP contribution in [0.3, 0.4) is 0 Å². The summed E-state index contributed by atoms with van der Waals surface area (Å²) >= 11 is 0.945. The monoisotopic (exact) mass is 401 g/mol. The molecule has 1 aliphatic rings. The first-order chi connectivity index (χ1) is 12.6. The third kappa shape index (κ3) is 4.71. The predicted octanol–water partition coefficient (Wildman–Crippen LogP) is 4.26. The molecule has 1 aromatic rings. The molecule has 0 aromatic heterocycles. The number of aliphatic hydroxyl groups excluding tert-OH is 1. The van der Waals surface area contributed by atoms with E-state index < -0.39 is 46.5 Å². The van der Waals surface area contributed by atoms with E-state index in [0.29, 0.717) is 12.8 Å². The second-order valence-corrected chi connectivity index (χ2v) is 6.72. The number of hydrogen-bond acceptors (Lipinski definition) is 6. The number of Topliss-reactive ketones (excluding diaryl/α,β-unsaturated/α-hetero) is 1. The van der Waals surface area contributed by atoms with Crippen LogP contribution in [0, 0.1) is 11.3 Å². The minimum absolute atomic E-state index is 0.0246. The number of carbonyl (C=O) groups excluding carboxylic acids is 2. The Bertz CT molecular complexity index is 813.